The second-order valence-corrected chi connectivity index (χ2v) is 6.22. The minimum absolute atomic E-state index is 0.155. The van der Waals surface area contributed by atoms with Gasteiger partial charge in [-0.25, -0.2) is 0 Å². The predicted octanol–water partition coefficient (Wildman–Crippen LogP) is 4.02. The van der Waals surface area contributed by atoms with Gasteiger partial charge in [0.1, 0.15) is 5.75 Å². The maximum atomic E-state index is 12.2. The Morgan fingerprint density at radius 2 is 1.55 bits per heavy atom. The van der Waals surface area contributed by atoms with Crippen LogP contribution in [0, 0.1) is 11.3 Å². The number of nitrogens with zero attached hydrogens (tertiary/aromatic N) is 1. The zero-order chi connectivity index (χ0) is 20.5. The highest BCUT2D eigenvalue weighted by Crippen LogP contribution is 2.17. The number of carbonyl (C=O) groups excluding carboxylic acids is 2. The first-order valence-corrected chi connectivity index (χ1v) is 8.99. The second-order valence-electron chi connectivity index (χ2n) is 6.22. The van der Waals surface area contributed by atoms with Crippen LogP contribution in [0.4, 0.5) is 11.4 Å². The van der Waals surface area contributed by atoms with Crippen LogP contribution in [0.1, 0.15) is 15.9 Å². The number of amides is 2. The molecule has 2 N–H and O–H groups in total. The molecular formula is C23H19N3O3. The molecule has 0 unspecified atom stereocenters. The van der Waals surface area contributed by atoms with Crippen molar-refractivity contribution >= 4 is 23.2 Å². The quantitative estimate of drug-likeness (QED) is 0.643. The molecule has 0 heterocycles. The van der Waals surface area contributed by atoms with Crippen LogP contribution in [0.2, 0.25) is 0 Å². The molecule has 144 valence electrons. The van der Waals surface area contributed by atoms with Gasteiger partial charge < -0.3 is 15.4 Å². The minimum atomic E-state index is -0.322. The Labute approximate surface area is 168 Å². The van der Waals surface area contributed by atoms with E-state index in [1.807, 2.05) is 6.07 Å². The number of nitriles is 1. The number of ether oxygens (including phenoxy) is 1. The molecule has 0 aromatic heterocycles. The van der Waals surface area contributed by atoms with Gasteiger partial charge >= 0.3 is 0 Å². The van der Waals surface area contributed by atoms with Gasteiger partial charge in [-0.05, 0) is 48.0 Å². The van der Waals surface area contributed by atoms with E-state index in [4.69, 9.17) is 10.00 Å². The highest BCUT2D eigenvalue weighted by Gasteiger charge is 2.08. The standard InChI is InChI=1S/C23H19N3O3/c24-14-13-17-9-11-21(12-10-17)29-16-22(27)25-19-7-4-8-20(15-19)26-23(28)18-5-2-1-3-6-18/h1-12,15H,13,16H2,(H,25,27)(H,26,28). The van der Waals surface area contributed by atoms with E-state index in [2.05, 4.69) is 16.7 Å². The van der Waals surface area contributed by atoms with Gasteiger partial charge in [0.25, 0.3) is 11.8 Å². The maximum Gasteiger partial charge on any atom is 0.262 e. The van der Waals surface area contributed by atoms with E-state index in [1.165, 1.54) is 0 Å². The fourth-order valence-corrected chi connectivity index (χ4v) is 2.61. The first-order valence-electron chi connectivity index (χ1n) is 8.99. The average Bonchev–Trinajstić information content (AvgIpc) is 2.74. The van der Waals surface area contributed by atoms with Gasteiger partial charge in [-0.2, -0.15) is 5.26 Å². The molecule has 0 fully saturated rings. The summed E-state index contributed by atoms with van der Waals surface area (Å²) in [6.45, 7) is -0.155. The number of anilines is 2. The number of hydrogen-bond donors (Lipinski definition) is 2. The molecule has 2 amide bonds. The lowest BCUT2D eigenvalue weighted by Gasteiger charge is -2.10. The lowest BCUT2D eigenvalue weighted by Crippen LogP contribution is -2.20. The molecule has 3 rings (SSSR count). The molecule has 29 heavy (non-hydrogen) atoms. The highest BCUT2D eigenvalue weighted by molar-refractivity contribution is 6.04. The van der Waals surface area contributed by atoms with Crippen LogP contribution in [-0.2, 0) is 11.2 Å². The molecule has 3 aromatic rings. The maximum absolute atomic E-state index is 12.2. The van der Waals surface area contributed by atoms with Gasteiger partial charge in [0.05, 0.1) is 12.5 Å². The first kappa shape index (κ1) is 19.6. The van der Waals surface area contributed by atoms with Crippen molar-refractivity contribution in [3.05, 3.63) is 90.0 Å². The van der Waals surface area contributed by atoms with E-state index >= 15 is 0 Å². The topological polar surface area (TPSA) is 91.2 Å². The first-order chi connectivity index (χ1) is 14.1. The van der Waals surface area contributed by atoms with Crippen molar-refractivity contribution in [2.75, 3.05) is 17.2 Å². The molecule has 0 spiro atoms. The zero-order valence-electron chi connectivity index (χ0n) is 15.6. The summed E-state index contributed by atoms with van der Waals surface area (Å²) in [4.78, 5) is 24.4. The van der Waals surface area contributed by atoms with Crippen LogP contribution in [-0.4, -0.2) is 18.4 Å². The molecule has 0 saturated heterocycles. The number of benzene rings is 3. The van der Waals surface area contributed by atoms with Crippen molar-refractivity contribution in [2.24, 2.45) is 0 Å². The Morgan fingerprint density at radius 1 is 0.862 bits per heavy atom. The smallest absolute Gasteiger partial charge is 0.262 e. The van der Waals surface area contributed by atoms with E-state index in [0.29, 0.717) is 29.1 Å². The summed E-state index contributed by atoms with van der Waals surface area (Å²) in [5, 5.41) is 14.2. The van der Waals surface area contributed by atoms with E-state index in [9.17, 15) is 9.59 Å². The summed E-state index contributed by atoms with van der Waals surface area (Å²) in [5.74, 6) is 0.000562. The number of carbonyl (C=O) groups is 2. The van der Waals surface area contributed by atoms with Crippen molar-refractivity contribution in [2.45, 2.75) is 6.42 Å². The molecule has 3 aromatic carbocycles. The monoisotopic (exact) mass is 385 g/mol. The van der Waals surface area contributed by atoms with E-state index in [0.717, 1.165) is 5.56 Å². The lowest BCUT2D eigenvalue weighted by molar-refractivity contribution is -0.118. The molecule has 0 aliphatic heterocycles. The summed E-state index contributed by atoms with van der Waals surface area (Å²) in [6, 6.07) is 24.9. The van der Waals surface area contributed by atoms with Crippen molar-refractivity contribution in [3.8, 4) is 11.8 Å². The van der Waals surface area contributed by atoms with Crippen LogP contribution in [0.15, 0.2) is 78.9 Å². The van der Waals surface area contributed by atoms with Gasteiger partial charge in [-0.15, -0.1) is 0 Å². The van der Waals surface area contributed by atoms with Crippen LogP contribution < -0.4 is 15.4 Å². The van der Waals surface area contributed by atoms with E-state index in [1.54, 1.807) is 72.8 Å². The molecule has 6 heteroatoms. The summed E-state index contributed by atoms with van der Waals surface area (Å²) in [6.07, 6.45) is 0.331. The fourth-order valence-electron chi connectivity index (χ4n) is 2.61. The molecule has 0 aliphatic rings. The summed E-state index contributed by atoms with van der Waals surface area (Å²) < 4.78 is 5.46. The van der Waals surface area contributed by atoms with Gasteiger partial charge in [0, 0.05) is 16.9 Å². The van der Waals surface area contributed by atoms with Crippen molar-refractivity contribution in [3.63, 3.8) is 0 Å². The van der Waals surface area contributed by atoms with Gasteiger partial charge in [0.2, 0.25) is 0 Å². The Hall–Kier alpha value is -4.11. The predicted molar refractivity (Wildman–Crippen MR) is 111 cm³/mol. The van der Waals surface area contributed by atoms with Gasteiger partial charge in [0.15, 0.2) is 6.61 Å². The Kier molecular flexibility index (Phi) is 6.58. The van der Waals surface area contributed by atoms with Gasteiger partial charge in [-0.3, -0.25) is 9.59 Å². The number of rotatable bonds is 7. The molecule has 0 saturated carbocycles. The van der Waals surface area contributed by atoms with Gasteiger partial charge in [-0.1, -0.05) is 36.4 Å². The number of hydrogen-bond acceptors (Lipinski definition) is 4. The molecule has 0 radical (unpaired) electrons. The van der Waals surface area contributed by atoms with Crippen LogP contribution in [0.5, 0.6) is 5.75 Å². The van der Waals surface area contributed by atoms with E-state index < -0.39 is 0 Å². The Bertz CT molecular complexity index is 1030. The van der Waals surface area contributed by atoms with Crippen LogP contribution in [0.3, 0.4) is 0 Å². The molecule has 6 nitrogen and oxygen atoms in total. The zero-order valence-corrected chi connectivity index (χ0v) is 15.6. The number of nitrogens with one attached hydrogen (secondary N) is 2. The summed E-state index contributed by atoms with van der Waals surface area (Å²) >= 11 is 0. The molecule has 0 bridgehead atoms. The summed E-state index contributed by atoms with van der Waals surface area (Å²) in [7, 11) is 0. The second kappa shape index (κ2) is 9.72. The lowest BCUT2D eigenvalue weighted by atomic mass is 10.2. The Balaban J connectivity index is 1.53. The van der Waals surface area contributed by atoms with Crippen molar-refractivity contribution < 1.29 is 14.3 Å². The third kappa shape index (κ3) is 5.94. The SMILES string of the molecule is N#CCc1ccc(OCC(=O)Nc2cccc(NC(=O)c3ccccc3)c2)cc1. The Morgan fingerprint density at radius 3 is 2.24 bits per heavy atom. The highest BCUT2D eigenvalue weighted by atomic mass is 16.5. The van der Waals surface area contributed by atoms with E-state index in [-0.39, 0.29) is 18.4 Å². The fraction of sp³-hybridized carbons (Fsp3) is 0.0870. The molecule has 0 atom stereocenters. The van der Waals surface area contributed by atoms with Crippen LogP contribution in [0.25, 0.3) is 0 Å². The van der Waals surface area contributed by atoms with Crippen LogP contribution >= 0.6 is 0 Å². The normalized spacial score (nSPS) is 9.90. The van der Waals surface area contributed by atoms with Crippen molar-refractivity contribution in [1.29, 1.82) is 5.26 Å². The van der Waals surface area contributed by atoms with Crippen molar-refractivity contribution in [1.82, 2.24) is 0 Å². The third-order valence-corrected chi connectivity index (χ3v) is 4.02. The molecule has 0 aliphatic carbocycles. The molecular weight excluding hydrogens is 366 g/mol. The third-order valence-electron chi connectivity index (χ3n) is 4.02. The summed E-state index contributed by atoms with van der Waals surface area (Å²) in [5.41, 5.74) is 2.56. The average molecular weight is 385 g/mol. The minimum Gasteiger partial charge on any atom is -0.484 e. The largest absolute Gasteiger partial charge is 0.484 e.